The van der Waals surface area contributed by atoms with E-state index in [0.29, 0.717) is 12.1 Å². The van der Waals surface area contributed by atoms with E-state index in [1.165, 1.54) is 0 Å². The van der Waals surface area contributed by atoms with Crippen molar-refractivity contribution >= 4 is 5.71 Å². The fourth-order valence-electron chi connectivity index (χ4n) is 0.775. The second-order valence-electron chi connectivity index (χ2n) is 2.71. The summed E-state index contributed by atoms with van der Waals surface area (Å²) in [6, 6.07) is 0. The number of rotatable bonds is 3. The maximum absolute atomic E-state index is 9.49. The Bertz CT molecular complexity index is 130. The van der Waals surface area contributed by atoms with Gasteiger partial charge in [-0.2, -0.15) is 0 Å². The molecule has 0 aromatic heterocycles. The molecule has 0 amide bonds. The molecule has 0 aromatic rings. The van der Waals surface area contributed by atoms with Crippen LogP contribution >= 0.6 is 0 Å². The van der Waals surface area contributed by atoms with Crippen LogP contribution in [0.25, 0.3) is 0 Å². The van der Waals surface area contributed by atoms with E-state index in [1.807, 2.05) is 6.92 Å². The quantitative estimate of drug-likeness (QED) is 0.358. The van der Waals surface area contributed by atoms with E-state index in [9.17, 15) is 5.11 Å². The Morgan fingerprint density at radius 2 is 2.10 bits per heavy atom. The molecule has 0 radical (unpaired) electrons. The highest BCUT2D eigenvalue weighted by atomic mass is 16.4. The van der Waals surface area contributed by atoms with E-state index in [4.69, 9.17) is 5.21 Å². The van der Waals surface area contributed by atoms with Crippen LogP contribution < -0.4 is 0 Å². The number of hydrogen-bond donors (Lipinski definition) is 2. The van der Waals surface area contributed by atoms with Crippen LogP contribution in [0.4, 0.5) is 0 Å². The SMILES string of the molecule is CCCC(C)(O)C(C)=NO. The van der Waals surface area contributed by atoms with E-state index in [2.05, 4.69) is 5.16 Å². The van der Waals surface area contributed by atoms with Crippen LogP contribution in [0.2, 0.25) is 0 Å². The zero-order valence-electron chi connectivity index (χ0n) is 6.76. The molecule has 0 bridgehead atoms. The summed E-state index contributed by atoms with van der Waals surface area (Å²) in [4.78, 5) is 0. The van der Waals surface area contributed by atoms with Gasteiger partial charge in [0.15, 0.2) is 0 Å². The monoisotopic (exact) mass is 145 g/mol. The van der Waals surface area contributed by atoms with Crippen LogP contribution in [-0.4, -0.2) is 21.6 Å². The van der Waals surface area contributed by atoms with E-state index in [1.54, 1.807) is 13.8 Å². The normalized spacial score (nSPS) is 18.6. The zero-order chi connectivity index (χ0) is 8.20. The molecular weight excluding hydrogens is 130 g/mol. The third-order valence-corrected chi connectivity index (χ3v) is 1.67. The average Bonchev–Trinajstić information content (AvgIpc) is 1.86. The lowest BCUT2D eigenvalue weighted by atomic mass is 9.96. The van der Waals surface area contributed by atoms with Crippen molar-refractivity contribution in [3.63, 3.8) is 0 Å². The third kappa shape index (κ3) is 2.35. The van der Waals surface area contributed by atoms with Crippen molar-refractivity contribution < 1.29 is 10.3 Å². The lowest BCUT2D eigenvalue weighted by molar-refractivity contribution is 0.116. The molecule has 0 aliphatic rings. The smallest absolute Gasteiger partial charge is 0.103 e. The van der Waals surface area contributed by atoms with E-state index < -0.39 is 5.60 Å². The van der Waals surface area contributed by atoms with Gasteiger partial charge < -0.3 is 10.3 Å². The van der Waals surface area contributed by atoms with Gasteiger partial charge in [-0.15, -0.1) is 0 Å². The fraction of sp³-hybridized carbons (Fsp3) is 0.857. The molecule has 0 saturated heterocycles. The molecule has 1 unspecified atom stereocenters. The number of oxime groups is 1. The fourth-order valence-corrected chi connectivity index (χ4v) is 0.775. The molecule has 0 heterocycles. The second kappa shape index (κ2) is 3.56. The van der Waals surface area contributed by atoms with Gasteiger partial charge >= 0.3 is 0 Å². The summed E-state index contributed by atoms with van der Waals surface area (Å²) < 4.78 is 0. The summed E-state index contributed by atoms with van der Waals surface area (Å²) in [5.74, 6) is 0. The minimum absolute atomic E-state index is 0.370. The highest BCUT2D eigenvalue weighted by Crippen LogP contribution is 2.13. The first-order valence-corrected chi connectivity index (χ1v) is 3.46. The van der Waals surface area contributed by atoms with Gasteiger partial charge in [-0.1, -0.05) is 18.5 Å². The summed E-state index contributed by atoms with van der Waals surface area (Å²) in [5.41, 5.74) is -0.571. The van der Waals surface area contributed by atoms with Gasteiger partial charge in [0.25, 0.3) is 0 Å². The van der Waals surface area contributed by atoms with Gasteiger partial charge in [-0.3, -0.25) is 0 Å². The number of hydrogen-bond acceptors (Lipinski definition) is 3. The predicted octanol–water partition coefficient (Wildman–Crippen LogP) is 1.39. The molecule has 0 aromatic carbocycles. The first-order valence-electron chi connectivity index (χ1n) is 3.46. The predicted molar refractivity (Wildman–Crippen MR) is 40.4 cm³/mol. The molecule has 0 fully saturated rings. The van der Waals surface area contributed by atoms with Crippen LogP contribution in [0.3, 0.4) is 0 Å². The molecule has 2 N–H and O–H groups in total. The molecule has 0 aliphatic heterocycles. The minimum atomic E-state index is -0.941. The van der Waals surface area contributed by atoms with E-state index >= 15 is 0 Å². The van der Waals surface area contributed by atoms with Crippen molar-refractivity contribution in [2.75, 3.05) is 0 Å². The lowest BCUT2D eigenvalue weighted by Gasteiger charge is -2.20. The lowest BCUT2D eigenvalue weighted by Crippen LogP contribution is -2.32. The first kappa shape index (κ1) is 9.43. The maximum Gasteiger partial charge on any atom is 0.103 e. The Kier molecular flexibility index (Phi) is 3.36. The largest absolute Gasteiger partial charge is 0.411 e. The minimum Gasteiger partial charge on any atom is -0.411 e. The van der Waals surface area contributed by atoms with Crippen LogP contribution in [0, 0.1) is 0 Å². The molecule has 0 saturated carbocycles. The molecule has 60 valence electrons. The van der Waals surface area contributed by atoms with Gasteiger partial charge in [-0.05, 0) is 20.3 Å². The summed E-state index contributed by atoms with van der Waals surface area (Å²) in [5, 5.41) is 20.8. The molecule has 3 heteroatoms. The zero-order valence-corrected chi connectivity index (χ0v) is 6.76. The van der Waals surface area contributed by atoms with Gasteiger partial charge in [-0.25, -0.2) is 0 Å². The third-order valence-electron chi connectivity index (χ3n) is 1.67. The van der Waals surface area contributed by atoms with Crippen molar-refractivity contribution in [1.82, 2.24) is 0 Å². The van der Waals surface area contributed by atoms with Crippen molar-refractivity contribution in [3.05, 3.63) is 0 Å². The topological polar surface area (TPSA) is 52.8 Å². The Labute approximate surface area is 61.4 Å². The van der Waals surface area contributed by atoms with Crippen LogP contribution in [0.15, 0.2) is 5.16 Å². The Hall–Kier alpha value is -0.570. The highest BCUT2D eigenvalue weighted by Gasteiger charge is 2.22. The second-order valence-corrected chi connectivity index (χ2v) is 2.71. The van der Waals surface area contributed by atoms with E-state index in [-0.39, 0.29) is 0 Å². The Balaban J connectivity index is 4.10. The van der Waals surface area contributed by atoms with Gasteiger partial charge in [0.05, 0.1) is 5.71 Å². The van der Waals surface area contributed by atoms with Gasteiger partial charge in [0.2, 0.25) is 0 Å². The van der Waals surface area contributed by atoms with E-state index in [0.717, 1.165) is 6.42 Å². The Morgan fingerprint density at radius 3 is 2.40 bits per heavy atom. The van der Waals surface area contributed by atoms with Crippen molar-refractivity contribution in [1.29, 1.82) is 0 Å². The summed E-state index contributed by atoms with van der Waals surface area (Å²) in [6.45, 7) is 5.22. The molecule has 3 nitrogen and oxygen atoms in total. The van der Waals surface area contributed by atoms with Gasteiger partial charge in [0, 0.05) is 0 Å². The van der Waals surface area contributed by atoms with Crippen molar-refractivity contribution in [2.45, 2.75) is 39.2 Å². The van der Waals surface area contributed by atoms with Crippen LogP contribution in [-0.2, 0) is 0 Å². The summed E-state index contributed by atoms with van der Waals surface area (Å²) in [6.07, 6.45) is 1.50. The average molecular weight is 145 g/mol. The first-order chi connectivity index (χ1) is 4.54. The van der Waals surface area contributed by atoms with Crippen LogP contribution in [0.5, 0.6) is 0 Å². The van der Waals surface area contributed by atoms with Gasteiger partial charge in [0.1, 0.15) is 5.60 Å². The molecular formula is C7H15NO2. The standard InChI is InChI=1S/C7H15NO2/c1-4-5-7(3,9)6(2)8-10/h9-10H,4-5H2,1-3H3. The molecule has 0 rings (SSSR count). The molecule has 1 atom stereocenters. The summed E-state index contributed by atoms with van der Waals surface area (Å²) in [7, 11) is 0. The Morgan fingerprint density at radius 1 is 1.60 bits per heavy atom. The molecule has 10 heavy (non-hydrogen) atoms. The number of aliphatic hydroxyl groups is 1. The van der Waals surface area contributed by atoms with Crippen LogP contribution in [0.1, 0.15) is 33.6 Å². The summed E-state index contributed by atoms with van der Waals surface area (Å²) >= 11 is 0. The number of nitrogens with zero attached hydrogens (tertiary/aromatic N) is 1. The highest BCUT2D eigenvalue weighted by molar-refractivity contribution is 5.89. The van der Waals surface area contributed by atoms with Crippen molar-refractivity contribution in [3.8, 4) is 0 Å². The van der Waals surface area contributed by atoms with Crippen molar-refractivity contribution in [2.24, 2.45) is 5.16 Å². The molecule has 0 spiro atoms. The molecule has 0 aliphatic carbocycles. The maximum atomic E-state index is 9.49.